The lowest BCUT2D eigenvalue weighted by Gasteiger charge is -2.22. The van der Waals surface area contributed by atoms with E-state index >= 15 is 0 Å². The third kappa shape index (κ3) is 5.75. The normalized spacial score (nSPS) is 12.9. The zero-order chi connectivity index (χ0) is 40.7. The maximum atomic E-state index is 5.15. The van der Waals surface area contributed by atoms with Gasteiger partial charge in [0.2, 0.25) is 0 Å². The van der Waals surface area contributed by atoms with Gasteiger partial charge in [-0.15, -0.1) is 0 Å². The number of rotatable bonds is 6. The lowest BCUT2D eigenvalue weighted by Crippen LogP contribution is -2.14. The fourth-order valence-corrected chi connectivity index (χ4v) is 9.62. The number of benzene rings is 9. The summed E-state index contributed by atoms with van der Waals surface area (Å²) < 4.78 is 0. The van der Waals surface area contributed by atoms with Gasteiger partial charge in [0.25, 0.3) is 0 Å². The van der Waals surface area contributed by atoms with E-state index in [9.17, 15) is 0 Å². The van der Waals surface area contributed by atoms with Crippen LogP contribution in [0.3, 0.4) is 0 Å². The van der Waals surface area contributed by atoms with Gasteiger partial charge in [0.05, 0.1) is 0 Å². The largest absolute Gasteiger partial charge is 0.264 e. The molecular weight excluding hydrogens is 741 g/mol. The third-order valence-electron chi connectivity index (χ3n) is 12.8. The number of hydrogen-bond donors (Lipinski definition) is 0. The van der Waals surface area contributed by atoms with Gasteiger partial charge >= 0.3 is 0 Å². The van der Waals surface area contributed by atoms with Crippen LogP contribution in [0.4, 0.5) is 0 Å². The summed E-state index contributed by atoms with van der Waals surface area (Å²) in [5, 5.41) is 7.68. The molecule has 0 spiro atoms. The molecular formula is C57H38N4. The van der Waals surface area contributed by atoms with Crippen molar-refractivity contribution in [2.75, 3.05) is 0 Å². The molecule has 0 atom stereocenters. The van der Waals surface area contributed by atoms with Crippen LogP contribution in [-0.4, -0.2) is 19.9 Å². The molecule has 0 amide bonds. The number of fused-ring (bicyclic) bond motifs is 3. The first-order valence-electron chi connectivity index (χ1n) is 20.9. The molecule has 11 aromatic rings. The predicted octanol–water partition coefficient (Wildman–Crippen LogP) is 14.5. The van der Waals surface area contributed by atoms with Crippen molar-refractivity contribution in [3.63, 3.8) is 0 Å². The Morgan fingerprint density at radius 2 is 0.885 bits per heavy atom. The van der Waals surface area contributed by atoms with Crippen LogP contribution in [0.15, 0.2) is 194 Å². The second-order valence-electron chi connectivity index (χ2n) is 16.7. The Labute approximate surface area is 354 Å². The van der Waals surface area contributed by atoms with Gasteiger partial charge in [-0.2, -0.15) is 0 Å². The molecule has 1 aliphatic carbocycles. The summed E-state index contributed by atoms with van der Waals surface area (Å²) in [6.07, 6.45) is 3.68. The Morgan fingerprint density at radius 3 is 1.62 bits per heavy atom. The van der Waals surface area contributed by atoms with Crippen LogP contribution >= 0.6 is 0 Å². The highest BCUT2D eigenvalue weighted by Gasteiger charge is 2.35. The molecule has 0 saturated carbocycles. The predicted molar refractivity (Wildman–Crippen MR) is 252 cm³/mol. The topological polar surface area (TPSA) is 51.6 Å². The molecule has 0 fully saturated rings. The molecule has 0 unspecified atom stereocenters. The zero-order valence-electron chi connectivity index (χ0n) is 33.8. The smallest absolute Gasteiger partial charge is 0.164 e. The molecule has 0 bridgehead atoms. The van der Waals surface area contributed by atoms with Gasteiger partial charge in [-0.05, 0) is 101 Å². The van der Waals surface area contributed by atoms with Crippen LogP contribution in [0.25, 0.3) is 111 Å². The number of pyridine rings is 1. The van der Waals surface area contributed by atoms with Crippen molar-refractivity contribution < 1.29 is 0 Å². The minimum absolute atomic E-state index is 0.0615. The summed E-state index contributed by atoms with van der Waals surface area (Å²) in [6.45, 7) is 4.65. The van der Waals surface area contributed by atoms with Crippen molar-refractivity contribution in [3.05, 3.63) is 206 Å². The first-order chi connectivity index (χ1) is 30.0. The van der Waals surface area contributed by atoms with E-state index in [-0.39, 0.29) is 5.41 Å². The first-order valence-corrected chi connectivity index (χ1v) is 20.9. The molecule has 0 saturated heterocycles. The molecule has 0 radical (unpaired) electrons. The monoisotopic (exact) mass is 778 g/mol. The Morgan fingerprint density at radius 1 is 0.344 bits per heavy atom. The van der Waals surface area contributed by atoms with Gasteiger partial charge < -0.3 is 0 Å². The van der Waals surface area contributed by atoms with Crippen molar-refractivity contribution in [1.29, 1.82) is 0 Å². The number of nitrogens with zero attached hydrogens (tertiary/aromatic N) is 4. The van der Waals surface area contributed by atoms with E-state index in [1.165, 1.54) is 65.7 Å². The summed E-state index contributed by atoms with van der Waals surface area (Å²) >= 11 is 0. The standard InChI is InChI=1S/C57H38N4/c1-57(2)50-14-4-3-13-47(50)48-29-27-43(33-51(48)57)35-15-21-40(22-16-35)54-59-55(61-56(60-54)44-11-6-10-42(32-44)45-12-7-31-58-34-45)41-23-17-36(18-24-41)46-28-25-39-20-19-37-8-5-9-38-26-30-49(46)53(39)52(37)38/h3-34H,1-2H3. The van der Waals surface area contributed by atoms with E-state index in [0.29, 0.717) is 17.5 Å². The molecule has 0 aliphatic heterocycles. The lowest BCUT2D eigenvalue weighted by molar-refractivity contribution is 0.660. The lowest BCUT2D eigenvalue weighted by atomic mass is 9.81. The fraction of sp³-hybridized carbons (Fsp3) is 0.0526. The molecule has 0 N–H and O–H groups in total. The quantitative estimate of drug-likeness (QED) is 0.158. The van der Waals surface area contributed by atoms with E-state index in [1.54, 1.807) is 6.20 Å². The number of hydrogen-bond acceptors (Lipinski definition) is 4. The van der Waals surface area contributed by atoms with Gasteiger partial charge in [0, 0.05) is 40.1 Å². The van der Waals surface area contributed by atoms with Crippen LogP contribution in [0.5, 0.6) is 0 Å². The Hall–Kier alpha value is -7.82. The Kier molecular flexibility index (Phi) is 7.85. The summed E-state index contributed by atoms with van der Waals surface area (Å²) in [4.78, 5) is 19.8. The summed E-state index contributed by atoms with van der Waals surface area (Å²) in [7, 11) is 0. The minimum Gasteiger partial charge on any atom is -0.264 e. The van der Waals surface area contributed by atoms with Crippen molar-refractivity contribution in [3.8, 4) is 78.7 Å². The molecule has 4 heteroatoms. The van der Waals surface area contributed by atoms with Crippen molar-refractivity contribution in [1.82, 2.24) is 19.9 Å². The van der Waals surface area contributed by atoms with Crippen LogP contribution < -0.4 is 0 Å². The van der Waals surface area contributed by atoms with Crippen LogP contribution in [-0.2, 0) is 5.41 Å². The zero-order valence-corrected chi connectivity index (χ0v) is 33.8. The minimum atomic E-state index is -0.0615. The maximum Gasteiger partial charge on any atom is 0.164 e. The van der Waals surface area contributed by atoms with Crippen LogP contribution in [0.1, 0.15) is 25.0 Å². The van der Waals surface area contributed by atoms with Gasteiger partial charge in [-0.3, -0.25) is 4.98 Å². The van der Waals surface area contributed by atoms with Gasteiger partial charge in [-0.1, -0.05) is 178 Å². The average Bonchev–Trinajstić information content (AvgIpc) is 3.56. The Balaban J connectivity index is 0.937. The highest BCUT2D eigenvalue weighted by atomic mass is 15.0. The summed E-state index contributed by atoms with van der Waals surface area (Å²) in [6, 6.07) is 65.4. The molecule has 61 heavy (non-hydrogen) atoms. The van der Waals surface area contributed by atoms with Crippen LogP contribution in [0, 0.1) is 0 Å². The molecule has 1 aliphatic rings. The van der Waals surface area contributed by atoms with Gasteiger partial charge in [0.15, 0.2) is 17.5 Å². The van der Waals surface area contributed by atoms with E-state index in [2.05, 4.69) is 195 Å². The van der Waals surface area contributed by atoms with E-state index < -0.39 is 0 Å². The second kappa shape index (κ2) is 13.6. The van der Waals surface area contributed by atoms with Gasteiger partial charge in [-0.25, -0.2) is 15.0 Å². The van der Waals surface area contributed by atoms with Gasteiger partial charge in [0.1, 0.15) is 0 Å². The second-order valence-corrected chi connectivity index (χ2v) is 16.7. The molecule has 9 aromatic carbocycles. The van der Waals surface area contributed by atoms with Crippen molar-refractivity contribution in [2.24, 2.45) is 0 Å². The third-order valence-corrected chi connectivity index (χ3v) is 12.8. The van der Waals surface area contributed by atoms with E-state index in [4.69, 9.17) is 15.0 Å². The fourth-order valence-electron chi connectivity index (χ4n) is 9.62. The molecule has 4 nitrogen and oxygen atoms in total. The highest BCUT2D eigenvalue weighted by Crippen LogP contribution is 2.49. The van der Waals surface area contributed by atoms with Crippen molar-refractivity contribution in [2.45, 2.75) is 19.3 Å². The van der Waals surface area contributed by atoms with Crippen molar-refractivity contribution >= 4 is 32.3 Å². The van der Waals surface area contributed by atoms with E-state index in [1.807, 2.05) is 12.3 Å². The summed E-state index contributed by atoms with van der Waals surface area (Å²) in [5.74, 6) is 1.86. The Bertz CT molecular complexity index is 3460. The average molecular weight is 779 g/mol. The molecule has 2 aromatic heterocycles. The first kappa shape index (κ1) is 35.2. The highest BCUT2D eigenvalue weighted by molar-refractivity contribution is 6.25. The van der Waals surface area contributed by atoms with E-state index in [0.717, 1.165) is 38.9 Å². The molecule has 2 heterocycles. The molecule has 12 rings (SSSR count). The SMILES string of the molecule is CC1(C)c2ccccc2-c2ccc(-c3ccc(-c4nc(-c5ccc(-c6ccc7ccc8cccc9ccc6c7c89)cc5)nc(-c5cccc(-c6cccnc6)c5)n4)cc3)cc21. The molecule has 286 valence electrons. The number of aromatic nitrogens is 4. The maximum absolute atomic E-state index is 5.15. The van der Waals surface area contributed by atoms with Crippen LogP contribution in [0.2, 0.25) is 0 Å². The summed E-state index contributed by atoms with van der Waals surface area (Å²) in [5.41, 5.74) is 14.9.